The highest BCUT2D eigenvalue weighted by Gasteiger charge is 2.33. The number of rotatable bonds is 4. The van der Waals surface area contributed by atoms with Crippen LogP contribution in [0.25, 0.3) is 5.69 Å². The van der Waals surface area contributed by atoms with Crippen LogP contribution in [0.5, 0.6) is 0 Å². The number of pyridine rings is 1. The molecular weight excluding hydrogens is 269 g/mol. The first kappa shape index (κ1) is 14.5. The van der Waals surface area contributed by atoms with Crippen LogP contribution in [0.1, 0.15) is 31.3 Å². The molecule has 0 spiro atoms. The van der Waals surface area contributed by atoms with Crippen LogP contribution in [0.4, 0.5) is 13.2 Å². The smallest absolute Gasteiger partial charge is 0.309 e. The fourth-order valence-corrected chi connectivity index (χ4v) is 1.82. The molecule has 4 nitrogen and oxygen atoms in total. The molecule has 0 aliphatic heterocycles. The fourth-order valence-electron chi connectivity index (χ4n) is 1.82. The van der Waals surface area contributed by atoms with E-state index in [2.05, 4.69) is 15.4 Å². The predicted molar refractivity (Wildman–Crippen MR) is 68.5 cm³/mol. The van der Waals surface area contributed by atoms with E-state index in [0.29, 0.717) is 5.69 Å². The number of halogens is 3. The quantitative estimate of drug-likeness (QED) is 0.938. The van der Waals surface area contributed by atoms with Gasteiger partial charge in [0.1, 0.15) is 0 Å². The van der Waals surface area contributed by atoms with Gasteiger partial charge < -0.3 is 5.32 Å². The van der Waals surface area contributed by atoms with Gasteiger partial charge in [-0.25, -0.2) is 4.68 Å². The van der Waals surface area contributed by atoms with Crippen LogP contribution < -0.4 is 5.32 Å². The summed E-state index contributed by atoms with van der Waals surface area (Å²) in [6.45, 7) is 4.78. The second-order valence-corrected chi connectivity index (χ2v) is 4.36. The zero-order chi connectivity index (χ0) is 14.8. The van der Waals surface area contributed by atoms with Gasteiger partial charge in [0.15, 0.2) is 5.69 Å². The molecule has 2 aromatic heterocycles. The van der Waals surface area contributed by atoms with E-state index in [-0.39, 0.29) is 6.04 Å². The van der Waals surface area contributed by atoms with E-state index >= 15 is 0 Å². The number of nitrogens with one attached hydrogen (secondary N) is 1. The SMILES string of the molecule is CCNC(C)c1ccc(-n2ccc(C(F)(F)F)n2)cn1. The molecule has 20 heavy (non-hydrogen) atoms. The van der Waals surface area contributed by atoms with Crippen LogP contribution >= 0.6 is 0 Å². The third-order valence-electron chi connectivity index (χ3n) is 2.87. The monoisotopic (exact) mass is 284 g/mol. The average molecular weight is 284 g/mol. The lowest BCUT2D eigenvalue weighted by atomic mass is 10.2. The number of alkyl halides is 3. The summed E-state index contributed by atoms with van der Waals surface area (Å²) >= 11 is 0. The molecule has 0 aromatic carbocycles. The maximum Gasteiger partial charge on any atom is 0.435 e. The summed E-state index contributed by atoms with van der Waals surface area (Å²) in [6.07, 6.45) is -1.65. The molecule has 1 unspecified atom stereocenters. The summed E-state index contributed by atoms with van der Waals surface area (Å²) in [4.78, 5) is 4.24. The normalized spacial score (nSPS) is 13.4. The molecule has 0 radical (unpaired) electrons. The number of hydrogen-bond acceptors (Lipinski definition) is 3. The zero-order valence-corrected chi connectivity index (χ0v) is 11.1. The third-order valence-corrected chi connectivity index (χ3v) is 2.87. The van der Waals surface area contributed by atoms with E-state index in [1.54, 1.807) is 12.1 Å². The van der Waals surface area contributed by atoms with Crippen molar-refractivity contribution in [3.8, 4) is 5.69 Å². The predicted octanol–water partition coefficient (Wildman–Crippen LogP) is 2.96. The Bertz CT molecular complexity index is 560. The maximum absolute atomic E-state index is 12.5. The van der Waals surface area contributed by atoms with Crippen LogP contribution in [-0.4, -0.2) is 21.3 Å². The molecule has 2 rings (SSSR count). The summed E-state index contributed by atoms with van der Waals surface area (Å²) in [5.41, 5.74) is 0.411. The van der Waals surface area contributed by atoms with Gasteiger partial charge in [0, 0.05) is 12.2 Å². The van der Waals surface area contributed by atoms with E-state index in [9.17, 15) is 13.2 Å². The minimum atomic E-state index is -4.43. The number of aromatic nitrogens is 3. The van der Waals surface area contributed by atoms with Gasteiger partial charge in [-0.3, -0.25) is 4.98 Å². The van der Waals surface area contributed by atoms with Crippen molar-refractivity contribution in [2.45, 2.75) is 26.1 Å². The molecule has 0 saturated carbocycles. The largest absolute Gasteiger partial charge is 0.435 e. The van der Waals surface area contributed by atoms with Crippen molar-refractivity contribution in [3.05, 3.63) is 42.0 Å². The van der Waals surface area contributed by atoms with Crippen molar-refractivity contribution in [2.24, 2.45) is 0 Å². The molecule has 0 bridgehead atoms. The minimum absolute atomic E-state index is 0.0948. The van der Waals surface area contributed by atoms with E-state index in [0.717, 1.165) is 23.0 Å². The van der Waals surface area contributed by atoms with E-state index in [1.807, 2.05) is 13.8 Å². The van der Waals surface area contributed by atoms with Gasteiger partial charge in [-0.1, -0.05) is 6.92 Å². The Kier molecular flexibility index (Phi) is 4.08. The Morgan fingerprint density at radius 3 is 2.55 bits per heavy atom. The molecule has 0 aliphatic rings. The zero-order valence-electron chi connectivity index (χ0n) is 11.1. The first-order chi connectivity index (χ1) is 9.41. The van der Waals surface area contributed by atoms with Gasteiger partial charge >= 0.3 is 6.18 Å². The first-order valence-corrected chi connectivity index (χ1v) is 6.24. The van der Waals surface area contributed by atoms with Crippen LogP contribution in [0, 0.1) is 0 Å². The molecule has 108 valence electrons. The molecule has 0 saturated heterocycles. The van der Waals surface area contributed by atoms with Crippen LogP contribution in [0.15, 0.2) is 30.6 Å². The van der Waals surface area contributed by atoms with Crippen LogP contribution in [0.3, 0.4) is 0 Å². The lowest BCUT2D eigenvalue weighted by Gasteiger charge is -2.12. The molecule has 2 heterocycles. The van der Waals surface area contributed by atoms with Gasteiger partial charge in [-0.2, -0.15) is 18.3 Å². The average Bonchev–Trinajstić information content (AvgIpc) is 2.89. The van der Waals surface area contributed by atoms with Gasteiger partial charge in [-0.15, -0.1) is 0 Å². The fraction of sp³-hybridized carbons (Fsp3) is 0.385. The van der Waals surface area contributed by atoms with Crippen molar-refractivity contribution >= 4 is 0 Å². The van der Waals surface area contributed by atoms with Gasteiger partial charge in [-0.05, 0) is 31.7 Å². The third kappa shape index (κ3) is 3.16. The number of nitrogens with zero attached hydrogens (tertiary/aromatic N) is 3. The Balaban J connectivity index is 2.20. The molecule has 0 aliphatic carbocycles. The Morgan fingerprint density at radius 1 is 1.30 bits per heavy atom. The first-order valence-electron chi connectivity index (χ1n) is 6.24. The second kappa shape index (κ2) is 5.62. The highest BCUT2D eigenvalue weighted by molar-refractivity contribution is 5.30. The second-order valence-electron chi connectivity index (χ2n) is 4.36. The standard InChI is InChI=1S/C13H15F3N4/c1-3-17-9(2)11-5-4-10(8-18-11)20-7-6-12(19-20)13(14,15)16/h4-9,17H,3H2,1-2H3. The van der Waals surface area contributed by atoms with Crippen molar-refractivity contribution in [1.29, 1.82) is 0 Å². The van der Waals surface area contributed by atoms with Gasteiger partial charge in [0.2, 0.25) is 0 Å². The summed E-state index contributed by atoms with van der Waals surface area (Å²) in [7, 11) is 0. The Morgan fingerprint density at radius 2 is 2.05 bits per heavy atom. The van der Waals surface area contributed by atoms with Gasteiger partial charge in [0.05, 0.1) is 17.6 Å². The molecule has 0 fully saturated rings. The van der Waals surface area contributed by atoms with Crippen molar-refractivity contribution in [2.75, 3.05) is 6.54 Å². The highest BCUT2D eigenvalue weighted by atomic mass is 19.4. The highest BCUT2D eigenvalue weighted by Crippen LogP contribution is 2.27. The minimum Gasteiger partial charge on any atom is -0.309 e. The summed E-state index contributed by atoms with van der Waals surface area (Å²) in [6, 6.07) is 4.51. The Labute approximate surface area is 114 Å². The lowest BCUT2D eigenvalue weighted by Crippen LogP contribution is -2.18. The van der Waals surface area contributed by atoms with Crippen LogP contribution in [-0.2, 0) is 6.18 Å². The molecule has 7 heteroatoms. The Hall–Kier alpha value is -1.89. The topological polar surface area (TPSA) is 42.7 Å². The maximum atomic E-state index is 12.5. The van der Waals surface area contributed by atoms with Crippen molar-refractivity contribution in [3.63, 3.8) is 0 Å². The van der Waals surface area contributed by atoms with Gasteiger partial charge in [0.25, 0.3) is 0 Å². The van der Waals surface area contributed by atoms with E-state index < -0.39 is 11.9 Å². The molecule has 2 aromatic rings. The molecule has 0 amide bonds. The summed E-state index contributed by atoms with van der Waals surface area (Å²) in [5, 5.41) is 6.71. The van der Waals surface area contributed by atoms with Crippen molar-refractivity contribution in [1.82, 2.24) is 20.1 Å². The molecule has 1 N–H and O–H groups in total. The van der Waals surface area contributed by atoms with E-state index in [1.165, 1.54) is 12.4 Å². The van der Waals surface area contributed by atoms with Crippen molar-refractivity contribution < 1.29 is 13.2 Å². The summed E-state index contributed by atoms with van der Waals surface area (Å²) in [5.74, 6) is 0. The number of hydrogen-bond donors (Lipinski definition) is 1. The van der Waals surface area contributed by atoms with E-state index in [4.69, 9.17) is 0 Å². The van der Waals surface area contributed by atoms with Crippen LogP contribution in [0.2, 0.25) is 0 Å². The summed E-state index contributed by atoms with van der Waals surface area (Å²) < 4.78 is 38.6. The molecule has 1 atom stereocenters. The lowest BCUT2D eigenvalue weighted by molar-refractivity contribution is -0.141. The molecular formula is C13H15F3N4.